The Hall–Kier alpha value is -4.45. The van der Waals surface area contributed by atoms with Gasteiger partial charge in [-0.25, -0.2) is 4.98 Å². The van der Waals surface area contributed by atoms with Crippen LogP contribution in [0.2, 0.25) is 0 Å². The van der Waals surface area contributed by atoms with Crippen LogP contribution in [-0.4, -0.2) is 20.5 Å². The number of benzene rings is 3. The smallest absolute Gasteiger partial charge is 0.221 e. The van der Waals surface area contributed by atoms with Gasteiger partial charge in [-0.2, -0.15) is 9.61 Å². The molecule has 162 valence electrons. The predicted octanol–water partition coefficient (Wildman–Crippen LogP) is 6.07. The highest BCUT2D eigenvalue weighted by atomic mass is 16.1. The Kier molecular flexibility index (Phi) is 5.32. The third kappa shape index (κ3) is 4.19. The van der Waals surface area contributed by atoms with Crippen LogP contribution in [0.25, 0.3) is 28.0 Å². The number of amides is 1. The zero-order valence-corrected chi connectivity index (χ0v) is 18.4. The lowest BCUT2D eigenvalue weighted by molar-refractivity contribution is -0.114. The van der Waals surface area contributed by atoms with Gasteiger partial charge < -0.3 is 10.6 Å². The second kappa shape index (κ2) is 8.59. The van der Waals surface area contributed by atoms with E-state index >= 15 is 0 Å². The molecule has 0 fully saturated rings. The van der Waals surface area contributed by atoms with Crippen molar-refractivity contribution in [2.24, 2.45) is 0 Å². The summed E-state index contributed by atoms with van der Waals surface area (Å²) in [6.45, 7) is 3.50. The fourth-order valence-corrected chi connectivity index (χ4v) is 3.90. The topological polar surface area (TPSA) is 71.3 Å². The summed E-state index contributed by atoms with van der Waals surface area (Å²) in [7, 11) is 0. The fraction of sp³-hybridized carbons (Fsp3) is 0.0741. The van der Waals surface area contributed by atoms with Gasteiger partial charge in [0.05, 0.1) is 11.4 Å². The molecule has 6 nitrogen and oxygen atoms in total. The van der Waals surface area contributed by atoms with Crippen molar-refractivity contribution < 1.29 is 4.79 Å². The Morgan fingerprint density at radius 3 is 2.06 bits per heavy atom. The molecule has 6 heteroatoms. The Morgan fingerprint density at radius 1 is 0.818 bits per heavy atom. The maximum atomic E-state index is 11.3. The zero-order valence-electron chi connectivity index (χ0n) is 18.4. The Labute approximate surface area is 191 Å². The van der Waals surface area contributed by atoms with Gasteiger partial charge in [-0.1, -0.05) is 60.7 Å². The molecule has 5 aromatic rings. The van der Waals surface area contributed by atoms with E-state index in [1.54, 1.807) is 0 Å². The fourth-order valence-electron chi connectivity index (χ4n) is 3.90. The number of fused-ring (bicyclic) bond motifs is 1. The third-order valence-corrected chi connectivity index (χ3v) is 5.37. The molecule has 3 aromatic carbocycles. The minimum atomic E-state index is -0.0977. The molecule has 2 N–H and O–H groups in total. The minimum Gasteiger partial charge on any atom is -0.340 e. The molecule has 0 aliphatic heterocycles. The van der Waals surface area contributed by atoms with E-state index in [2.05, 4.69) is 34.9 Å². The number of carbonyl (C=O) groups is 1. The van der Waals surface area contributed by atoms with Crippen molar-refractivity contribution in [1.29, 1.82) is 0 Å². The summed E-state index contributed by atoms with van der Waals surface area (Å²) in [5, 5.41) is 11.1. The molecule has 0 saturated carbocycles. The molecule has 5 rings (SSSR count). The van der Waals surface area contributed by atoms with Crippen molar-refractivity contribution in [2.45, 2.75) is 13.8 Å². The third-order valence-electron chi connectivity index (χ3n) is 5.37. The van der Waals surface area contributed by atoms with E-state index in [9.17, 15) is 4.79 Å². The SMILES string of the molecule is CC(=O)Nc1ccc(Nc2cc(-c3ccccc3)nc3c(-c4ccccc4)c(C)nn23)cc1. The molecule has 0 aliphatic carbocycles. The normalized spacial score (nSPS) is 10.8. The number of carbonyl (C=O) groups excluding carboxylic acids is 1. The second-order valence-electron chi connectivity index (χ2n) is 7.84. The molecular weight excluding hydrogens is 410 g/mol. The van der Waals surface area contributed by atoms with Crippen molar-refractivity contribution >= 4 is 28.7 Å². The van der Waals surface area contributed by atoms with Crippen LogP contribution < -0.4 is 10.6 Å². The molecule has 0 spiro atoms. The molecule has 0 unspecified atom stereocenters. The lowest BCUT2D eigenvalue weighted by atomic mass is 10.1. The maximum Gasteiger partial charge on any atom is 0.221 e. The Morgan fingerprint density at radius 2 is 1.42 bits per heavy atom. The van der Waals surface area contributed by atoms with Gasteiger partial charge in [-0.05, 0) is 36.8 Å². The number of hydrogen-bond donors (Lipinski definition) is 2. The zero-order chi connectivity index (χ0) is 22.8. The van der Waals surface area contributed by atoms with E-state index in [-0.39, 0.29) is 5.91 Å². The van der Waals surface area contributed by atoms with Gasteiger partial charge >= 0.3 is 0 Å². The van der Waals surface area contributed by atoms with E-state index in [0.717, 1.165) is 50.9 Å². The molecule has 0 aliphatic rings. The summed E-state index contributed by atoms with van der Waals surface area (Å²) >= 11 is 0. The van der Waals surface area contributed by atoms with Gasteiger partial charge in [-0.3, -0.25) is 4.79 Å². The Bertz CT molecular complexity index is 1420. The molecule has 2 heterocycles. The quantitative estimate of drug-likeness (QED) is 0.353. The van der Waals surface area contributed by atoms with Crippen molar-refractivity contribution in [3.05, 3.63) is 96.7 Å². The monoisotopic (exact) mass is 433 g/mol. The number of nitrogens with zero attached hydrogens (tertiary/aromatic N) is 3. The number of rotatable bonds is 5. The van der Waals surface area contributed by atoms with Crippen LogP contribution in [0, 0.1) is 6.92 Å². The van der Waals surface area contributed by atoms with Gasteiger partial charge in [0, 0.05) is 35.5 Å². The molecule has 1 amide bonds. The van der Waals surface area contributed by atoms with Crippen molar-refractivity contribution in [3.63, 3.8) is 0 Å². The summed E-state index contributed by atoms with van der Waals surface area (Å²) < 4.78 is 1.85. The van der Waals surface area contributed by atoms with Crippen LogP contribution in [0.1, 0.15) is 12.6 Å². The molecule has 0 saturated heterocycles. The van der Waals surface area contributed by atoms with Crippen LogP contribution in [0.5, 0.6) is 0 Å². The standard InChI is InChI=1S/C27H23N5O/c1-18-26(21-11-7-4-8-12-21)27-30-24(20-9-5-3-6-10-20)17-25(32(27)31-18)29-23-15-13-22(14-16-23)28-19(2)33/h3-17,29H,1-2H3,(H,28,33). The van der Waals surface area contributed by atoms with Crippen molar-refractivity contribution in [3.8, 4) is 22.4 Å². The summed E-state index contributed by atoms with van der Waals surface area (Å²) in [5.74, 6) is 0.705. The van der Waals surface area contributed by atoms with Gasteiger partial charge in [0.15, 0.2) is 5.65 Å². The highest BCUT2D eigenvalue weighted by Crippen LogP contribution is 2.32. The molecular formula is C27H23N5O. The Balaban J connectivity index is 1.65. The van der Waals surface area contributed by atoms with Crippen molar-refractivity contribution in [2.75, 3.05) is 10.6 Å². The number of anilines is 3. The largest absolute Gasteiger partial charge is 0.340 e. The van der Waals surface area contributed by atoms with E-state index in [0.29, 0.717) is 0 Å². The number of hydrogen-bond acceptors (Lipinski definition) is 4. The number of nitrogens with one attached hydrogen (secondary N) is 2. The van der Waals surface area contributed by atoms with Crippen LogP contribution in [-0.2, 0) is 4.79 Å². The summed E-state index contributed by atoms with van der Waals surface area (Å²) in [5.41, 5.74) is 7.30. The van der Waals surface area contributed by atoms with Crippen LogP contribution >= 0.6 is 0 Å². The molecule has 0 radical (unpaired) electrons. The van der Waals surface area contributed by atoms with Crippen molar-refractivity contribution in [1.82, 2.24) is 14.6 Å². The minimum absolute atomic E-state index is 0.0977. The maximum absolute atomic E-state index is 11.3. The molecule has 2 aromatic heterocycles. The van der Waals surface area contributed by atoms with Crippen LogP contribution in [0.4, 0.5) is 17.2 Å². The average molecular weight is 434 g/mol. The lowest BCUT2D eigenvalue weighted by Gasteiger charge is -2.12. The first-order valence-electron chi connectivity index (χ1n) is 10.7. The molecule has 33 heavy (non-hydrogen) atoms. The molecule has 0 atom stereocenters. The van der Waals surface area contributed by atoms with E-state index in [4.69, 9.17) is 10.1 Å². The number of aryl methyl sites for hydroxylation is 1. The predicted molar refractivity (Wildman–Crippen MR) is 133 cm³/mol. The van der Waals surface area contributed by atoms with Gasteiger partial charge in [0.25, 0.3) is 0 Å². The van der Waals surface area contributed by atoms with Crippen LogP contribution in [0.15, 0.2) is 91.0 Å². The second-order valence-corrected chi connectivity index (χ2v) is 7.84. The van der Waals surface area contributed by atoms with E-state index < -0.39 is 0 Å². The van der Waals surface area contributed by atoms with Crippen LogP contribution in [0.3, 0.4) is 0 Å². The highest BCUT2D eigenvalue weighted by molar-refractivity contribution is 5.89. The highest BCUT2D eigenvalue weighted by Gasteiger charge is 2.17. The first-order chi connectivity index (χ1) is 16.1. The molecule has 0 bridgehead atoms. The number of aromatic nitrogens is 3. The average Bonchev–Trinajstić information content (AvgIpc) is 3.17. The van der Waals surface area contributed by atoms with Gasteiger partial charge in [-0.15, -0.1) is 0 Å². The first kappa shape index (κ1) is 20.5. The van der Waals surface area contributed by atoms with Gasteiger partial charge in [0.1, 0.15) is 5.82 Å². The van der Waals surface area contributed by atoms with E-state index in [1.807, 2.05) is 78.2 Å². The van der Waals surface area contributed by atoms with E-state index in [1.165, 1.54) is 6.92 Å². The summed E-state index contributed by atoms with van der Waals surface area (Å²) in [4.78, 5) is 16.3. The van der Waals surface area contributed by atoms with Gasteiger partial charge in [0.2, 0.25) is 5.91 Å². The lowest BCUT2D eigenvalue weighted by Crippen LogP contribution is -2.06. The summed E-state index contributed by atoms with van der Waals surface area (Å²) in [6, 6.07) is 29.9. The first-order valence-corrected chi connectivity index (χ1v) is 10.7. The summed E-state index contributed by atoms with van der Waals surface area (Å²) in [6.07, 6.45) is 0.